The zero-order valence-corrected chi connectivity index (χ0v) is 18.4. The summed E-state index contributed by atoms with van der Waals surface area (Å²) in [6, 6.07) is 17.9. The molecule has 1 N–H and O–H groups in total. The van der Waals surface area contributed by atoms with Gasteiger partial charge in [0, 0.05) is 48.3 Å². The molecule has 34 heavy (non-hydrogen) atoms. The van der Waals surface area contributed by atoms with E-state index in [0.717, 1.165) is 40.2 Å². The lowest BCUT2D eigenvalue weighted by Crippen LogP contribution is -2.15. The van der Waals surface area contributed by atoms with E-state index in [2.05, 4.69) is 26.1 Å². The number of hydrogen-bond donors (Lipinski definition) is 1. The Kier molecular flexibility index (Phi) is 5.88. The van der Waals surface area contributed by atoms with E-state index >= 15 is 0 Å². The van der Waals surface area contributed by atoms with Crippen LogP contribution in [0.15, 0.2) is 83.3 Å². The molecule has 168 valence electrons. The molecule has 0 unspecified atom stereocenters. The maximum atomic E-state index is 13.5. The van der Waals surface area contributed by atoms with Gasteiger partial charge in [-0.3, -0.25) is 4.98 Å². The predicted octanol–water partition coefficient (Wildman–Crippen LogP) is 6.29. The van der Waals surface area contributed by atoms with Gasteiger partial charge in [-0.05, 0) is 60.7 Å². The Morgan fingerprint density at radius 2 is 1.59 bits per heavy atom. The van der Waals surface area contributed by atoms with E-state index in [1.54, 1.807) is 24.5 Å². The van der Waals surface area contributed by atoms with Crippen LogP contribution in [0, 0.1) is 18.2 Å². The Morgan fingerprint density at radius 1 is 0.882 bits per heavy atom. The van der Waals surface area contributed by atoms with E-state index < -0.39 is 0 Å². The third-order valence-electron chi connectivity index (χ3n) is 5.74. The number of nitrogens with zero attached hydrogens (tertiary/aromatic N) is 4. The molecule has 4 aromatic rings. The van der Waals surface area contributed by atoms with Crippen LogP contribution in [-0.4, -0.2) is 27.2 Å². The van der Waals surface area contributed by atoms with Gasteiger partial charge in [-0.2, -0.15) is 10.2 Å². The third kappa shape index (κ3) is 4.71. The molecule has 0 bridgehead atoms. The van der Waals surface area contributed by atoms with Gasteiger partial charge in [0.1, 0.15) is 17.4 Å². The molecule has 0 amide bonds. The smallest absolute Gasteiger partial charge is 0.195 e. The van der Waals surface area contributed by atoms with Gasteiger partial charge in [0.05, 0.1) is 18.0 Å². The van der Waals surface area contributed by atoms with Crippen LogP contribution < -0.4 is 4.74 Å². The lowest BCUT2D eigenvalue weighted by molar-refractivity contribution is 0.283. The van der Waals surface area contributed by atoms with Crippen molar-refractivity contribution in [3.8, 4) is 52.0 Å². The lowest BCUT2D eigenvalue weighted by Gasteiger charge is -2.10. The first-order valence-electron chi connectivity index (χ1n) is 11.0. The van der Waals surface area contributed by atoms with E-state index in [4.69, 9.17) is 16.1 Å². The van der Waals surface area contributed by atoms with Gasteiger partial charge >= 0.3 is 0 Å². The second kappa shape index (κ2) is 9.28. The summed E-state index contributed by atoms with van der Waals surface area (Å²) in [5, 5.41) is 8.27. The molecule has 7 heteroatoms. The van der Waals surface area contributed by atoms with Gasteiger partial charge < -0.3 is 9.72 Å². The number of imidazole rings is 1. The lowest BCUT2D eigenvalue weighted by atomic mass is 10.1. The molecule has 0 radical (unpaired) electrons. The largest absolute Gasteiger partial charge is 0.493 e. The molecule has 0 saturated heterocycles. The van der Waals surface area contributed by atoms with Crippen LogP contribution in [0.5, 0.6) is 5.75 Å². The zero-order valence-electron chi connectivity index (χ0n) is 18.4. The van der Waals surface area contributed by atoms with Crippen molar-refractivity contribution in [1.29, 1.82) is 0 Å². The number of halogens is 1. The van der Waals surface area contributed by atoms with E-state index in [9.17, 15) is 4.39 Å². The molecule has 5 rings (SSSR count). The van der Waals surface area contributed by atoms with E-state index in [1.165, 1.54) is 12.1 Å². The van der Waals surface area contributed by atoms with Crippen molar-refractivity contribution in [3.05, 3.63) is 78.9 Å². The third-order valence-corrected chi connectivity index (χ3v) is 5.74. The van der Waals surface area contributed by atoms with Gasteiger partial charge in [0.2, 0.25) is 0 Å². The summed E-state index contributed by atoms with van der Waals surface area (Å²) in [7, 11) is 0. The van der Waals surface area contributed by atoms with Gasteiger partial charge in [-0.25, -0.2) is 9.37 Å². The maximum Gasteiger partial charge on any atom is 0.195 e. The number of rotatable bonds is 9. The Morgan fingerprint density at radius 3 is 2.26 bits per heavy atom. The van der Waals surface area contributed by atoms with Crippen molar-refractivity contribution in [2.45, 2.75) is 24.9 Å². The first kappa shape index (κ1) is 21.5. The number of H-pyrrole nitrogens is 1. The minimum Gasteiger partial charge on any atom is -0.493 e. The first-order chi connectivity index (χ1) is 16.7. The molecule has 0 fully saturated rings. The molecule has 3 heterocycles. The van der Waals surface area contributed by atoms with Crippen LogP contribution in [0.1, 0.15) is 19.3 Å². The van der Waals surface area contributed by atoms with Crippen LogP contribution in [0.4, 0.5) is 4.39 Å². The first-order valence-corrected chi connectivity index (χ1v) is 11.0. The number of aromatic amines is 1. The number of nitrogens with one attached hydrogen (secondary N) is 1. The van der Waals surface area contributed by atoms with E-state index in [-0.39, 0.29) is 11.5 Å². The average molecular weight is 452 g/mol. The monoisotopic (exact) mass is 451 g/mol. The Labute approximate surface area is 197 Å². The highest BCUT2D eigenvalue weighted by molar-refractivity contribution is 5.81. The van der Waals surface area contributed by atoms with Gasteiger partial charge in [0.15, 0.2) is 5.66 Å². The van der Waals surface area contributed by atoms with Crippen LogP contribution in [0.25, 0.3) is 33.9 Å². The maximum absolute atomic E-state index is 13.5. The highest BCUT2D eigenvalue weighted by Crippen LogP contribution is 2.37. The Balaban J connectivity index is 1.34. The number of benzene rings is 2. The fourth-order valence-corrected chi connectivity index (χ4v) is 3.76. The summed E-state index contributed by atoms with van der Waals surface area (Å²) >= 11 is 0. The molecule has 0 saturated carbocycles. The van der Waals surface area contributed by atoms with Crippen molar-refractivity contribution in [2.24, 2.45) is 10.2 Å². The summed E-state index contributed by atoms with van der Waals surface area (Å²) < 4.78 is 19.4. The second-order valence-corrected chi connectivity index (χ2v) is 8.06. The molecule has 2 aromatic carbocycles. The number of ether oxygens (including phenoxy) is 1. The second-order valence-electron chi connectivity index (χ2n) is 8.06. The summed E-state index contributed by atoms with van der Waals surface area (Å²) in [6.45, 7) is 0.512. The molecule has 6 nitrogen and oxygen atoms in total. The predicted molar refractivity (Wildman–Crippen MR) is 128 cm³/mol. The van der Waals surface area contributed by atoms with Crippen molar-refractivity contribution in [2.75, 3.05) is 6.61 Å². The van der Waals surface area contributed by atoms with Crippen molar-refractivity contribution in [3.63, 3.8) is 0 Å². The van der Waals surface area contributed by atoms with Crippen molar-refractivity contribution in [1.82, 2.24) is 15.0 Å². The normalized spacial score (nSPS) is 13.4. The number of pyridine rings is 1. The molecular formula is C27H22FN5O. The SMILES string of the molecule is C#CCCC1(CCOc2ccc(-c3nc(-c4ccc(F)cc4)c(-c4ccncc4)[nH]3)cc2)N=N1. The number of hydrogen-bond acceptors (Lipinski definition) is 5. The fourth-order valence-electron chi connectivity index (χ4n) is 3.76. The Bertz CT molecular complexity index is 1330. The van der Waals surface area contributed by atoms with Crippen LogP contribution >= 0.6 is 0 Å². The summed E-state index contributed by atoms with van der Waals surface area (Å²) in [5.41, 5.74) is 3.93. The van der Waals surface area contributed by atoms with Crippen LogP contribution in [0.2, 0.25) is 0 Å². The molecule has 0 aliphatic carbocycles. The molecule has 0 spiro atoms. The summed E-state index contributed by atoms with van der Waals surface area (Å²) in [6.07, 6.45) is 10.9. The highest BCUT2D eigenvalue weighted by atomic mass is 19.1. The van der Waals surface area contributed by atoms with Crippen molar-refractivity contribution >= 4 is 0 Å². The number of aromatic nitrogens is 3. The van der Waals surface area contributed by atoms with E-state index in [0.29, 0.717) is 25.3 Å². The molecule has 2 aromatic heterocycles. The molecule has 0 atom stereocenters. The molecule has 1 aliphatic rings. The van der Waals surface area contributed by atoms with E-state index in [1.807, 2.05) is 36.4 Å². The van der Waals surface area contributed by atoms with Crippen LogP contribution in [-0.2, 0) is 0 Å². The highest BCUT2D eigenvalue weighted by Gasteiger charge is 2.38. The van der Waals surface area contributed by atoms with Crippen molar-refractivity contribution < 1.29 is 9.13 Å². The molecular weight excluding hydrogens is 429 g/mol. The minimum absolute atomic E-state index is 0.286. The van der Waals surface area contributed by atoms with Crippen LogP contribution in [0.3, 0.4) is 0 Å². The minimum atomic E-state index is -0.347. The zero-order chi connectivity index (χ0) is 23.4. The topological polar surface area (TPSA) is 75.5 Å². The average Bonchev–Trinajstić information content (AvgIpc) is 3.51. The molecule has 1 aliphatic heterocycles. The van der Waals surface area contributed by atoms with Gasteiger partial charge in [-0.1, -0.05) is 0 Å². The standard InChI is InChI=1S/C27H22FN5O/c1-2-3-14-27(32-33-27)15-18-34-23-10-6-21(7-11-23)26-30-24(19-4-8-22(28)9-5-19)25(31-26)20-12-16-29-17-13-20/h1,4-13,16-17H,3,14-15,18H2,(H,30,31). The summed E-state index contributed by atoms with van der Waals surface area (Å²) in [5.74, 6) is 3.82. The quantitative estimate of drug-likeness (QED) is 0.304. The van der Waals surface area contributed by atoms with Gasteiger partial charge in [-0.15, -0.1) is 12.3 Å². The summed E-state index contributed by atoms with van der Waals surface area (Å²) in [4.78, 5) is 12.4. The number of terminal acetylenes is 1. The van der Waals surface area contributed by atoms with Gasteiger partial charge in [0.25, 0.3) is 0 Å². The Hall–Kier alpha value is -4.31. The fraction of sp³-hybridized carbons (Fsp3) is 0.185.